The van der Waals surface area contributed by atoms with E-state index < -0.39 is 29.9 Å². The predicted molar refractivity (Wildman–Crippen MR) is 290 cm³/mol. The van der Waals surface area contributed by atoms with Gasteiger partial charge in [0, 0.05) is 101 Å². The minimum absolute atomic E-state index is 0.00428. The van der Waals surface area contributed by atoms with Gasteiger partial charge in [-0.1, -0.05) is 35.5 Å². The standard InChI is InChI=1S/C58H62FN11O8/c1-65-33-41(44-7-3-9-50(47(44)36-71)69-18-16-39-29-40(37-10-11-37)30-48(59)54(39)58(69)76)31-49(57(65)75)61-52-14-12-43(32-60-52)67-21-19-66(20-22-67)23-27-78-28-24-68-34-42(63-64-68)17-26-77-25-4-6-38-5-2-8-45-46(38)35-70(56(45)74)51-13-15-53(72)62-55(51)73/h2-3,5,7-9,12,14,16,18,29-34,37,51,71H,4,6,10-11,13,15,17,19-28,35-36H2,1H3,(H,60,61)(H,62,72,73). The number of aryl methyl sites for hydroxylation is 2. The van der Waals surface area contributed by atoms with Crippen LogP contribution in [-0.4, -0.2) is 127 Å². The smallest absolute Gasteiger partial charge is 0.274 e. The molecule has 78 heavy (non-hydrogen) atoms. The van der Waals surface area contributed by atoms with Crippen LogP contribution in [0.3, 0.4) is 0 Å². The molecule has 3 amide bonds. The molecule has 1 atom stereocenters. The van der Waals surface area contributed by atoms with Crippen LogP contribution in [0.2, 0.25) is 0 Å². The third-order valence-electron chi connectivity index (χ3n) is 15.4. The predicted octanol–water partition coefficient (Wildman–Crippen LogP) is 5.39. The zero-order valence-corrected chi connectivity index (χ0v) is 43.5. The number of anilines is 3. The van der Waals surface area contributed by atoms with Gasteiger partial charge in [0.1, 0.15) is 23.4 Å². The number of amides is 3. The van der Waals surface area contributed by atoms with Crippen molar-refractivity contribution in [1.29, 1.82) is 0 Å². The highest BCUT2D eigenvalue weighted by molar-refractivity contribution is 6.05. The Morgan fingerprint density at radius 1 is 0.833 bits per heavy atom. The number of nitrogens with zero attached hydrogens (tertiary/aromatic N) is 9. The number of benzene rings is 3. The molecule has 7 heterocycles. The Balaban J connectivity index is 0.598. The van der Waals surface area contributed by atoms with Gasteiger partial charge in [0.05, 0.1) is 61.6 Å². The maximum atomic E-state index is 15.4. The summed E-state index contributed by atoms with van der Waals surface area (Å²) >= 11 is 0. The molecule has 3 N–H and O–H groups in total. The van der Waals surface area contributed by atoms with Crippen LogP contribution in [0.5, 0.6) is 0 Å². The topological polar surface area (TPSA) is 211 Å². The van der Waals surface area contributed by atoms with Crippen molar-refractivity contribution >= 4 is 45.7 Å². The van der Waals surface area contributed by atoms with Crippen LogP contribution < -0.4 is 26.7 Å². The fourth-order valence-corrected chi connectivity index (χ4v) is 10.9. The molecule has 3 aromatic carbocycles. The van der Waals surface area contributed by atoms with Crippen molar-refractivity contribution in [2.24, 2.45) is 7.05 Å². The Kier molecular flexibility index (Phi) is 15.4. The summed E-state index contributed by atoms with van der Waals surface area (Å²) in [5, 5.41) is 25.4. The second-order valence-corrected chi connectivity index (χ2v) is 20.5. The number of aliphatic hydroxyl groups is 1. The monoisotopic (exact) mass is 1060 g/mol. The molecular weight excluding hydrogens is 998 g/mol. The van der Waals surface area contributed by atoms with Gasteiger partial charge in [-0.25, -0.2) is 14.1 Å². The normalized spacial score (nSPS) is 16.8. The summed E-state index contributed by atoms with van der Waals surface area (Å²) in [4.78, 5) is 75.4. The number of imide groups is 1. The lowest BCUT2D eigenvalue weighted by atomic mass is 9.98. The number of carbonyl (C=O) groups is 3. The van der Waals surface area contributed by atoms with Gasteiger partial charge in [-0.3, -0.25) is 38.8 Å². The Labute approximate surface area is 449 Å². The van der Waals surface area contributed by atoms with Gasteiger partial charge < -0.3 is 34.3 Å². The number of ether oxygens (including phenoxy) is 2. The summed E-state index contributed by atoms with van der Waals surface area (Å²) in [6.45, 7) is 6.89. The summed E-state index contributed by atoms with van der Waals surface area (Å²) < 4.78 is 32.0. The molecule has 0 spiro atoms. The molecule has 11 rings (SSSR count). The van der Waals surface area contributed by atoms with Gasteiger partial charge in [-0.2, -0.15) is 0 Å². The number of nitrogens with one attached hydrogen (secondary N) is 2. The van der Waals surface area contributed by atoms with E-state index in [1.165, 1.54) is 15.2 Å². The van der Waals surface area contributed by atoms with E-state index in [4.69, 9.17) is 9.47 Å². The van der Waals surface area contributed by atoms with E-state index in [9.17, 15) is 29.1 Å². The molecule has 1 saturated carbocycles. The quantitative estimate of drug-likeness (QED) is 0.0609. The molecule has 19 nitrogen and oxygen atoms in total. The summed E-state index contributed by atoms with van der Waals surface area (Å²) in [6, 6.07) is 21.0. The van der Waals surface area contributed by atoms with E-state index in [0.717, 1.165) is 86.5 Å². The average molecular weight is 1060 g/mol. The molecule has 20 heteroatoms. The van der Waals surface area contributed by atoms with Gasteiger partial charge in [-0.15, -0.1) is 5.10 Å². The lowest BCUT2D eigenvalue weighted by molar-refractivity contribution is -0.136. The molecule has 0 radical (unpaired) electrons. The Morgan fingerprint density at radius 2 is 1.64 bits per heavy atom. The molecular formula is C58H62FN11O8. The van der Waals surface area contributed by atoms with E-state index in [2.05, 4.69) is 35.7 Å². The first-order valence-corrected chi connectivity index (χ1v) is 26.8. The number of hydrogen-bond acceptors (Lipinski definition) is 14. The highest BCUT2D eigenvalue weighted by Crippen LogP contribution is 2.41. The second kappa shape index (κ2) is 23.0. The van der Waals surface area contributed by atoms with Crippen LogP contribution in [0.25, 0.3) is 27.6 Å². The summed E-state index contributed by atoms with van der Waals surface area (Å²) in [5.41, 5.74) is 6.98. The number of aromatic nitrogens is 6. The molecule has 3 aliphatic heterocycles. The first-order valence-electron chi connectivity index (χ1n) is 26.8. The van der Waals surface area contributed by atoms with Crippen LogP contribution in [0.1, 0.15) is 76.3 Å². The number of rotatable bonds is 21. The maximum absolute atomic E-state index is 15.4. The zero-order chi connectivity index (χ0) is 53.9. The van der Waals surface area contributed by atoms with Crippen LogP contribution in [-0.2, 0) is 58.6 Å². The maximum Gasteiger partial charge on any atom is 0.274 e. The van der Waals surface area contributed by atoms with Crippen molar-refractivity contribution in [2.75, 3.05) is 69.4 Å². The van der Waals surface area contributed by atoms with Gasteiger partial charge in [0.15, 0.2) is 0 Å². The van der Waals surface area contributed by atoms with Crippen LogP contribution in [0.4, 0.5) is 21.6 Å². The van der Waals surface area contributed by atoms with E-state index in [1.807, 2.05) is 42.6 Å². The van der Waals surface area contributed by atoms with Crippen molar-refractivity contribution in [3.8, 4) is 16.8 Å². The highest BCUT2D eigenvalue weighted by Gasteiger charge is 2.40. The summed E-state index contributed by atoms with van der Waals surface area (Å²) in [5.74, 6) is -0.597. The van der Waals surface area contributed by atoms with Crippen molar-refractivity contribution in [2.45, 2.75) is 76.6 Å². The largest absolute Gasteiger partial charge is 0.392 e. The highest BCUT2D eigenvalue weighted by atomic mass is 19.1. The van der Waals surface area contributed by atoms with E-state index in [0.29, 0.717) is 97.4 Å². The second-order valence-electron chi connectivity index (χ2n) is 20.5. The number of fused-ring (bicyclic) bond motifs is 2. The van der Waals surface area contributed by atoms with E-state index in [-0.39, 0.29) is 34.9 Å². The number of pyridine rings is 3. The Morgan fingerprint density at radius 3 is 2.44 bits per heavy atom. The molecule has 1 unspecified atom stereocenters. The SMILES string of the molecule is Cn1cc(-c2cccc(-n3ccc4cc(C5CC5)cc(F)c4c3=O)c2CO)cc(Nc2ccc(N3CCN(CCOCCn4cc(CCOCCCc5cccc6c5CN(C5CCC(=O)NC5=O)C6=O)nn4)CC3)cn2)c1=O. The fraction of sp³-hybridized carbons (Fsp3) is 0.379. The average Bonchev–Trinajstić information content (AvgIpc) is 4.22. The number of piperazine rings is 1. The van der Waals surface area contributed by atoms with Crippen LogP contribution in [0.15, 0.2) is 107 Å². The number of aliphatic hydroxyl groups excluding tert-OH is 1. The number of carbonyl (C=O) groups excluding carboxylic acids is 3. The summed E-state index contributed by atoms with van der Waals surface area (Å²) in [6.07, 6.45) is 11.8. The minimum Gasteiger partial charge on any atom is -0.392 e. The third-order valence-corrected chi connectivity index (χ3v) is 15.4. The van der Waals surface area contributed by atoms with Crippen LogP contribution >= 0.6 is 0 Å². The molecule has 4 aromatic heterocycles. The Bertz CT molecular complexity index is 3510. The molecule has 404 valence electrons. The Hall–Kier alpha value is -7.91. The van der Waals surface area contributed by atoms with E-state index >= 15 is 4.39 Å². The van der Waals surface area contributed by atoms with Gasteiger partial charge in [0.2, 0.25) is 11.8 Å². The van der Waals surface area contributed by atoms with Gasteiger partial charge in [0.25, 0.3) is 17.0 Å². The molecule has 2 saturated heterocycles. The van der Waals surface area contributed by atoms with Gasteiger partial charge in [-0.05, 0) is 108 Å². The fourth-order valence-electron chi connectivity index (χ4n) is 10.9. The molecule has 4 aliphatic rings. The van der Waals surface area contributed by atoms with Crippen molar-refractivity contribution < 1.29 is 33.4 Å². The first kappa shape index (κ1) is 52.2. The van der Waals surface area contributed by atoms with Gasteiger partial charge >= 0.3 is 0 Å². The van der Waals surface area contributed by atoms with Crippen molar-refractivity contribution in [3.63, 3.8) is 0 Å². The zero-order valence-electron chi connectivity index (χ0n) is 43.5. The molecule has 7 aromatic rings. The van der Waals surface area contributed by atoms with Crippen LogP contribution in [0, 0.1) is 5.82 Å². The number of halogens is 1. The molecule has 3 fully saturated rings. The number of hydrogen-bond donors (Lipinski definition) is 3. The first-order chi connectivity index (χ1) is 38.0. The van der Waals surface area contributed by atoms with E-state index in [1.54, 1.807) is 65.6 Å². The van der Waals surface area contributed by atoms with Crippen molar-refractivity contribution in [3.05, 3.63) is 158 Å². The number of piperidine rings is 1. The molecule has 0 bridgehead atoms. The lowest BCUT2D eigenvalue weighted by Crippen LogP contribution is -2.52. The summed E-state index contributed by atoms with van der Waals surface area (Å²) in [7, 11) is 1.65. The van der Waals surface area contributed by atoms with Crippen molar-refractivity contribution in [1.82, 2.24) is 44.2 Å². The minimum atomic E-state index is -0.631. The molecule has 1 aliphatic carbocycles. The third kappa shape index (κ3) is 11.2. The lowest BCUT2D eigenvalue weighted by Gasteiger charge is -2.35.